The molecule has 0 aliphatic heterocycles. The van der Waals surface area contributed by atoms with E-state index in [1.807, 2.05) is 26.0 Å². The lowest BCUT2D eigenvalue weighted by molar-refractivity contribution is 0.419. The summed E-state index contributed by atoms with van der Waals surface area (Å²) in [6, 6.07) is 9.05. The van der Waals surface area contributed by atoms with Crippen molar-refractivity contribution in [2.45, 2.75) is 25.5 Å². The molecule has 0 saturated heterocycles. The van der Waals surface area contributed by atoms with E-state index in [0.29, 0.717) is 12.3 Å². The summed E-state index contributed by atoms with van der Waals surface area (Å²) < 4.78 is 27.3. The fraction of sp³-hybridized carbons (Fsp3) is 0.231. The zero-order valence-corrected chi connectivity index (χ0v) is 11.6. The number of primary sulfonamides is 1. The molecule has 0 atom stereocenters. The summed E-state index contributed by atoms with van der Waals surface area (Å²) in [5, 5.41) is 7.94. The molecule has 0 radical (unpaired) electrons. The van der Waals surface area contributed by atoms with Gasteiger partial charge in [0.2, 0.25) is 5.09 Å². The summed E-state index contributed by atoms with van der Waals surface area (Å²) in [6.45, 7) is 4.44. The van der Waals surface area contributed by atoms with Gasteiger partial charge in [0.25, 0.3) is 10.0 Å². The smallest absolute Gasteiger partial charge is 0.271 e. The van der Waals surface area contributed by atoms with Gasteiger partial charge < -0.3 is 9.73 Å². The van der Waals surface area contributed by atoms with Gasteiger partial charge in [-0.1, -0.05) is 6.07 Å². The first-order valence-corrected chi connectivity index (χ1v) is 7.33. The van der Waals surface area contributed by atoms with E-state index in [2.05, 4.69) is 11.4 Å². The highest BCUT2D eigenvalue weighted by molar-refractivity contribution is 7.89. The highest BCUT2D eigenvalue weighted by atomic mass is 32.2. The van der Waals surface area contributed by atoms with Gasteiger partial charge in [0, 0.05) is 5.69 Å². The monoisotopic (exact) mass is 280 g/mol. The second-order valence-electron chi connectivity index (χ2n) is 4.50. The molecular weight excluding hydrogens is 264 g/mol. The first kappa shape index (κ1) is 13.6. The summed E-state index contributed by atoms with van der Waals surface area (Å²) in [5.41, 5.74) is 3.28. The Morgan fingerprint density at radius 3 is 2.32 bits per heavy atom. The normalized spacial score (nSPS) is 11.5. The van der Waals surface area contributed by atoms with Crippen molar-refractivity contribution < 1.29 is 12.8 Å². The number of nitrogens with one attached hydrogen (secondary N) is 1. The number of hydrogen-bond acceptors (Lipinski definition) is 4. The van der Waals surface area contributed by atoms with Crippen LogP contribution >= 0.6 is 0 Å². The maximum absolute atomic E-state index is 11.1. The molecule has 102 valence electrons. The number of furan rings is 1. The van der Waals surface area contributed by atoms with E-state index in [1.54, 1.807) is 6.07 Å². The maximum atomic E-state index is 11.1. The molecule has 1 aromatic heterocycles. The van der Waals surface area contributed by atoms with E-state index in [9.17, 15) is 8.42 Å². The summed E-state index contributed by atoms with van der Waals surface area (Å²) in [6.07, 6.45) is 0. The predicted molar refractivity (Wildman–Crippen MR) is 73.3 cm³/mol. The van der Waals surface area contributed by atoms with Crippen molar-refractivity contribution in [3.8, 4) is 0 Å². The molecule has 0 saturated carbocycles. The van der Waals surface area contributed by atoms with Gasteiger partial charge in [0.1, 0.15) is 5.76 Å². The summed E-state index contributed by atoms with van der Waals surface area (Å²) in [4.78, 5) is 0. The topological polar surface area (TPSA) is 85.3 Å². The van der Waals surface area contributed by atoms with Crippen LogP contribution in [-0.4, -0.2) is 8.42 Å². The number of aryl methyl sites for hydroxylation is 2. The molecule has 0 aliphatic carbocycles. The predicted octanol–water partition coefficient (Wildman–Crippen LogP) is 2.16. The third kappa shape index (κ3) is 3.59. The van der Waals surface area contributed by atoms with Gasteiger partial charge in [-0.3, -0.25) is 0 Å². The van der Waals surface area contributed by atoms with E-state index in [1.165, 1.54) is 6.07 Å². The Morgan fingerprint density at radius 1 is 1.16 bits per heavy atom. The van der Waals surface area contributed by atoms with Crippen LogP contribution in [0.4, 0.5) is 5.69 Å². The Bertz CT molecular complexity index is 669. The number of sulfonamides is 1. The van der Waals surface area contributed by atoms with Gasteiger partial charge in [-0.2, -0.15) is 0 Å². The van der Waals surface area contributed by atoms with E-state index in [4.69, 9.17) is 9.56 Å². The number of benzene rings is 1. The largest absolute Gasteiger partial charge is 0.446 e. The molecule has 19 heavy (non-hydrogen) atoms. The lowest BCUT2D eigenvalue weighted by atomic mass is 10.1. The van der Waals surface area contributed by atoms with Crippen LogP contribution in [0, 0.1) is 13.8 Å². The van der Waals surface area contributed by atoms with Gasteiger partial charge in [-0.25, -0.2) is 13.6 Å². The fourth-order valence-electron chi connectivity index (χ4n) is 1.87. The third-order valence-corrected chi connectivity index (χ3v) is 3.39. The lowest BCUT2D eigenvalue weighted by Crippen LogP contribution is -2.10. The molecule has 0 amide bonds. The number of nitrogens with two attached hydrogens (primary N) is 1. The minimum atomic E-state index is -3.77. The van der Waals surface area contributed by atoms with Crippen LogP contribution in [-0.2, 0) is 16.6 Å². The number of anilines is 1. The van der Waals surface area contributed by atoms with Crippen LogP contribution in [0.2, 0.25) is 0 Å². The maximum Gasteiger partial charge on any atom is 0.271 e. The highest BCUT2D eigenvalue weighted by Crippen LogP contribution is 2.17. The van der Waals surface area contributed by atoms with Gasteiger partial charge in [-0.15, -0.1) is 0 Å². The molecule has 0 bridgehead atoms. The summed E-state index contributed by atoms with van der Waals surface area (Å²) in [5.74, 6) is 0.517. The Hall–Kier alpha value is -1.79. The van der Waals surface area contributed by atoms with E-state index in [0.717, 1.165) is 16.8 Å². The van der Waals surface area contributed by atoms with Crippen LogP contribution < -0.4 is 10.5 Å². The quantitative estimate of drug-likeness (QED) is 0.898. The molecule has 2 rings (SSSR count). The van der Waals surface area contributed by atoms with Gasteiger partial charge >= 0.3 is 0 Å². The Kier molecular flexibility index (Phi) is 3.64. The van der Waals surface area contributed by atoms with Crippen LogP contribution in [0.3, 0.4) is 0 Å². The SMILES string of the molecule is Cc1cc(C)cc(NCc2ccc(S(N)(=O)=O)o2)c1. The van der Waals surface area contributed by atoms with Gasteiger partial charge in [0.05, 0.1) is 6.54 Å². The standard InChI is InChI=1S/C13H16N2O3S/c1-9-5-10(2)7-11(6-9)15-8-12-3-4-13(18-12)19(14,16)17/h3-7,15H,8H2,1-2H3,(H2,14,16,17). The van der Waals surface area contributed by atoms with Crippen LogP contribution in [0.5, 0.6) is 0 Å². The average Bonchev–Trinajstić information content (AvgIpc) is 2.73. The molecule has 2 aromatic rings. The zero-order chi connectivity index (χ0) is 14.0. The summed E-state index contributed by atoms with van der Waals surface area (Å²) >= 11 is 0. The lowest BCUT2D eigenvalue weighted by Gasteiger charge is -2.07. The van der Waals surface area contributed by atoms with Crippen molar-refractivity contribution in [3.05, 3.63) is 47.2 Å². The van der Waals surface area contributed by atoms with Crippen LogP contribution in [0.1, 0.15) is 16.9 Å². The van der Waals surface area contributed by atoms with Crippen molar-refractivity contribution in [1.29, 1.82) is 0 Å². The molecule has 0 unspecified atom stereocenters. The molecule has 6 heteroatoms. The van der Waals surface area contributed by atoms with Crippen molar-refractivity contribution in [2.24, 2.45) is 5.14 Å². The zero-order valence-electron chi connectivity index (χ0n) is 10.8. The molecule has 5 nitrogen and oxygen atoms in total. The first-order chi connectivity index (χ1) is 8.84. The molecule has 0 fully saturated rings. The highest BCUT2D eigenvalue weighted by Gasteiger charge is 2.12. The van der Waals surface area contributed by atoms with E-state index in [-0.39, 0.29) is 5.09 Å². The molecule has 0 spiro atoms. The molecule has 0 aliphatic rings. The first-order valence-electron chi connectivity index (χ1n) is 5.78. The molecule has 1 heterocycles. The van der Waals surface area contributed by atoms with Crippen molar-refractivity contribution >= 4 is 15.7 Å². The Balaban J connectivity index is 2.08. The molecule has 3 N–H and O–H groups in total. The third-order valence-electron chi connectivity index (χ3n) is 2.61. The van der Waals surface area contributed by atoms with E-state index >= 15 is 0 Å². The fourth-order valence-corrected chi connectivity index (χ4v) is 2.35. The Morgan fingerprint density at radius 2 is 1.79 bits per heavy atom. The number of hydrogen-bond donors (Lipinski definition) is 2. The minimum Gasteiger partial charge on any atom is -0.446 e. The second-order valence-corrected chi connectivity index (χ2v) is 5.99. The van der Waals surface area contributed by atoms with Crippen molar-refractivity contribution in [2.75, 3.05) is 5.32 Å². The average molecular weight is 280 g/mol. The van der Waals surface area contributed by atoms with E-state index < -0.39 is 10.0 Å². The van der Waals surface area contributed by atoms with Crippen LogP contribution in [0.15, 0.2) is 39.8 Å². The van der Waals surface area contributed by atoms with Gasteiger partial charge in [-0.05, 0) is 49.2 Å². The van der Waals surface area contributed by atoms with Crippen molar-refractivity contribution in [3.63, 3.8) is 0 Å². The van der Waals surface area contributed by atoms with Gasteiger partial charge in [0.15, 0.2) is 0 Å². The summed E-state index contributed by atoms with van der Waals surface area (Å²) in [7, 11) is -3.77. The number of rotatable bonds is 4. The molecular formula is C13H16N2O3S. The Labute approximate surface area is 112 Å². The molecule has 1 aromatic carbocycles. The second kappa shape index (κ2) is 5.07. The minimum absolute atomic E-state index is 0.218. The van der Waals surface area contributed by atoms with Crippen LogP contribution in [0.25, 0.3) is 0 Å². The van der Waals surface area contributed by atoms with Crippen molar-refractivity contribution in [1.82, 2.24) is 0 Å².